The average molecular weight is 919 g/mol. The number of hydrogen-bond donors (Lipinski definition) is 0. The van der Waals surface area contributed by atoms with Crippen molar-refractivity contribution in [3.8, 4) is 0 Å². The van der Waals surface area contributed by atoms with E-state index in [1.807, 2.05) is 0 Å². The largest absolute Gasteiger partial charge is 0.462 e. The zero-order valence-electron chi connectivity index (χ0n) is 43.2. The molecule has 0 N–H and O–H groups in total. The Morgan fingerprint density at radius 2 is 0.591 bits per heavy atom. The van der Waals surface area contributed by atoms with Crippen LogP contribution in [0.2, 0.25) is 0 Å². The van der Waals surface area contributed by atoms with Crippen LogP contribution in [0.4, 0.5) is 0 Å². The Balaban J connectivity index is 4.44. The molecule has 1 atom stereocenters. The molecule has 0 aliphatic heterocycles. The van der Waals surface area contributed by atoms with Gasteiger partial charge in [0, 0.05) is 19.3 Å². The van der Waals surface area contributed by atoms with Crippen LogP contribution in [0.5, 0.6) is 0 Å². The van der Waals surface area contributed by atoms with E-state index in [1.54, 1.807) is 0 Å². The molecular weight excluding hydrogens is 817 g/mol. The number of esters is 3. The molecule has 0 heterocycles. The minimum absolute atomic E-state index is 0.0973. The second-order valence-electron chi connectivity index (χ2n) is 18.1. The third kappa shape index (κ3) is 51.6. The van der Waals surface area contributed by atoms with E-state index < -0.39 is 6.10 Å². The number of carbonyl (C=O) groups is 3. The van der Waals surface area contributed by atoms with Crippen molar-refractivity contribution in [3.05, 3.63) is 85.1 Å². The average Bonchev–Trinajstić information content (AvgIpc) is 3.31. The normalized spacial score (nSPS) is 12.7. The van der Waals surface area contributed by atoms with E-state index in [-0.39, 0.29) is 37.5 Å². The first-order chi connectivity index (χ1) is 32.5. The maximum absolute atomic E-state index is 12.8. The summed E-state index contributed by atoms with van der Waals surface area (Å²) in [5.41, 5.74) is 0. The Labute approximate surface area is 407 Å². The van der Waals surface area contributed by atoms with Crippen LogP contribution in [0.1, 0.15) is 258 Å². The summed E-state index contributed by atoms with van der Waals surface area (Å²) in [6.45, 7) is 6.38. The van der Waals surface area contributed by atoms with Crippen molar-refractivity contribution in [1.29, 1.82) is 0 Å². The maximum Gasteiger partial charge on any atom is 0.306 e. The molecule has 0 bridgehead atoms. The van der Waals surface area contributed by atoms with Gasteiger partial charge in [-0.3, -0.25) is 14.4 Å². The lowest BCUT2D eigenvalue weighted by atomic mass is 10.0. The van der Waals surface area contributed by atoms with Crippen molar-refractivity contribution in [2.75, 3.05) is 13.2 Å². The van der Waals surface area contributed by atoms with Crippen LogP contribution >= 0.6 is 0 Å². The SMILES string of the molecule is CC/C=C\C/C=C\C/C=C\C/C=C\CCCCC(=O)O[C@H](COC(=O)CCCCCCC/C=C\C/C=C\C/C=C\CC)COC(=O)CCCCCCCCCCCCCCCCCCCC. The van der Waals surface area contributed by atoms with Crippen LogP contribution in [-0.4, -0.2) is 37.2 Å². The van der Waals surface area contributed by atoms with E-state index in [0.29, 0.717) is 19.3 Å². The molecule has 6 nitrogen and oxygen atoms in total. The molecule has 0 rings (SSSR count). The summed E-state index contributed by atoms with van der Waals surface area (Å²) in [5, 5.41) is 0. The minimum Gasteiger partial charge on any atom is -0.462 e. The third-order valence-corrected chi connectivity index (χ3v) is 11.6. The smallest absolute Gasteiger partial charge is 0.306 e. The summed E-state index contributed by atoms with van der Waals surface area (Å²) in [6.07, 6.45) is 70.0. The van der Waals surface area contributed by atoms with Gasteiger partial charge in [-0.25, -0.2) is 0 Å². The first-order valence-electron chi connectivity index (χ1n) is 27.6. The van der Waals surface area contributed by atoms with Gasteiger partial charge in [-0.1, -0.05) is 234 Å². The molecule has 0 saturated heterocycles. The molecule has 0 unspecified atom stereocenters. The summed E-state index contributed by atoms with van der Waals surface area (Å²) in [7, 11) is 0. The Hall–Kier alpha value is -3.41. The fourth-order valence-corrected chi connectivity index (χ4v) is 7.57. The van der Waals surface area contributed by atoms with Gasteiger partial charge in [-0.05, 0) is 89.9 Å². The van der Waals surface area contributed by atoms with Crippen molar-refractivity contribution in [3.63, 3.8) is 0 Å². The summed E-state index contributed by atoms with van der Waals surface area (Å²) >= 11 is 0. The maximum atomic E-state index is 12.8. The van der Waals surface area contributed by atoms with Gasteiger partial charge >= 0.3 is 17.9 Å². The minimum atomic E-state index is -0.804. The predicted molar refractivity (Wildman–Crippen MR) is 284 cm³/mol. The molecule has 66 heavy (non-hydrogen) atoms. The fourth-order valence-electron chi connectivity index (χ4n) is 7.57. The standard InChI is InChI=1S/C60H102O6/c1-4-7-10-13-16-19-22-25-28-29-30-33-35-38-41-44-47-50-53-59(62)65-56-57(66-60(63)54-51-48-45-42-39-36-32-27-24-21-18-15-12-9-6-3)55-64-58(61)52-49-46-43-40-37-34-31-26-23-20-17-14-11-8-5-2/h8-9,11-12,17-18,20-21,26-27,31-32,39,42,57H,4-7,10,13-16,19,22-25,28-30,33-38,40-41,43-56H2,1-3H3/b11-8-,12-9-,20-17-,21-18-,31-26-,32-27-,42-39-/t57-/m1/s1. The monoisotopic (exact) mass is 919 g/mol. The van der Waals surface area contributed by atoms with Crippen LogP contribution in [-0.2, 0) is 28.6 Å². The van der Waals surface area contributed by atoms with Gasteiger partial charge in [0.25, 0.3) is 0 Å². The van der Waals surface area contributed by atoms with Crippen LogP contribution in [0.15, 0.2) is 85.1 Å². The van der Waals surface area contributed by atoms with Gasteiger partial charge in [-0.2, -0.15) is 0 Å². The molecule has 0 radical (unpaired) electrons. The van der Waals surface area contributed by atoms with Gasteiger partial charge in [0.05, 0.1) is 0 Å². The van der Waals surface area contributed by atoms with Crippen LogP contribution < -0.4 is 0 Å². The molecule has 0 aromatic rings. The van der Waals surface area contributed by atoms with Crippen molar-refractivity contribution in [2.24, 2.45) is 0 Å². The molecule has 0 aliphatic rings. The van der Waals surface area contributed by atoms with Gasteiger partial charge in [0.15, 0.2) is 6.10 Å². The molecular formula is C60H102O6. The molecule has 0 aromatic heterocycles. The summed E-state index contributed by atoms with van der Waals surface area (Å²) < 4.78 is 16.8. The molecule has 0 aliphatic carbocycles. The highest BCUT2D eigenvalue weighted by Crippen LogP contribution is 2.16. The summed E-state index contributed by atoms with van der Waals surface area (Å²) in [5.74, 6) is -0.952. The molecule has 0 saturated carbocycles. The fraction of sp³-hybridized carbons (Fsp3) is 0.717. The van der Waals surface area contributed by atoms with Gasteiger partial charge < -0.3 is 14.2 Å². The van der Waals surface area contributed by atoms with Crippen LogP contribution in [0, 0.1) is 0 Å². The highest BCUT2D eigenvalue weighted by Gasteiger charge is 2.19. The van der Waals surface area contributed by atoms with Crippen molar-refractivity contribution < 1.29 is 28.6 Å². The van der Waals surface area contributed by atoms with Crippen molar-refractivity contribution >= 4 is 17.9 Å². The van der Waals surface area contributed by atoms with Gasteiger partial charge in [-0.15, -0.1) is 0 Å². The highest BCUT2D eigenvalue weighted by molar-refractivity contribution is 5.71. The number of rotatable bonds is 49. The predicted octanol–water partition coefficient (Wildman–Crippen LogP) is 18.4. The van der Waals surface area contributed by atoms with E-state index in [0.717, 1.165) is 116 Å². The lowest BCUT2D eigenvalue weighted by molar-refractivity contribution is -0.167. The number of hydrogen-bond acceptors (Lipinski definition) is 6. The number of unbranched alkanes of at least 4 members (excludes halogenated alkanes) is 24. The molecule has 0 aromatic carbocycles. The Bertz CT molecular complexity index is 1290. The number of carbonyl (C=O) groups excluding carboxylic acids is 3. The molecule has 0 amide bonds. The Morgan fingerprint density at radius 3 is 0.955 bits per heavy atom. The van der Waals surface area contributed by atoms with Gasteiger partial charge in [0.2, 0.25) is 0 Å². The van der Waals surface area contributed by atoms with E-state index in [2.05, 4.69) is 106 Å². The zero-order chi connectivity index (χ0) is 47.9. The first-order valence-corrected chi connectivity index (χ1v) is 27.6. The summed E-state index contributed by atoms with van der Waals surface area (Å²) in [6, 6.07) is 0. The number of allylic oxidation sites excluding steroid dienone is 14. The van der Waals surface area contributed by atoms with Gasteiger partial charge in [0.1, 0.15) is 13.2 Å². The van der Waals surface area contributed by atoms with E-state index >= 15 is 0 Å². The molecule has 0 spiro atoms. The topological polar surface area (TPSA) is 78.9 Å². The van der Waals surface area contributed by atoms with E-state index in [1.165, 1.54) is 96.3 Å². The summed E-state index contributed by atoms with van der Waals surface area (Å²) in [4.78, 5) is 38.1. The van der Waals surface area contributed by atoms with Crippen molar-refractivity contribution in [1.82, 2.24) is 0 Å². The second kappa shape index (κ2) is 54.2. The van der Waals surface area contributed by atoms with E-state index in [9.17, 15) is 14.4 Å². The van der Waals surface area contributed by atoms with Crippen molar-refractivity contribution in [2.45, 2.75) is 264 Å². The molecule has 0 fully saturated rings. The molecule has 6 heteroatoms. The Kier molecular flexibility index (Phi) is 51.4. The third-order valence-electron chi connectivity index (χ3n) is 11.6. The first kappa shape index (κ1) is 62.6. The molecule has 378 valence electrons. The quantitative estimate of drug-likeness (QED) is 0.0262. The van der Waals surface area contributed by atoms with Crippen LogP contribution in [0.25, 0.3) is 0 Å². The lowest BCUT2D eigenvalue weighted by Crippen LogP contribution is -2.30. The lowest BCUT2D eigenvalue weighted by Gasteiger charge is -2.18. The van der Waals surface area contributed by atoms with E-state index in [4.69, 9.17) is 14.2 Å². The zero-order valence-corrected chi connectivity index (χ0v) is 43.2. The number of ether oxygens (including phenoxy) is 3. The Morgan fingerprint density at radius 1 is 0.318 bits per heavy atom. The highest BCUT2D eigenvalue weighted by atomic mass is 16.6. The second-order valence-corrected chi connectivity index (χ2v) is 18.1. The van der Waals surface area contributed by atoms with Crippen LogP contribution in [0.3, 0.4) is 0 Å².